The van der Waals surface area contributed by atoms with Crippen molar-refractivity contribution < 1.29 is 14.4 Å². The van der Waals surface area contributed by atoms with Crippen molar-refractivity contribution >= 4 is 53.4 Å². The molecule has 10 nitrogen and oxygen atoms in total. The summed E-state index contributed by atoms with van der Waals surface area (Å²) in [5, 5.41) is 21.2. The Morgan fingerprint density at radius 2 is 1.77 bits per heavy atom. The van der Waals surface area contributed by atoms with Crippen molar-refractivity contribution in [2.24, 2.45) is 0 Å². The third-order valence-electron chi connectivity index (χ3n) is 7.81. The summed E-state index contributed by atoms with van der Waals surface area (Å²) in [5.41, 5.74) is 1.85. The second kappa shape index (κ2) is 14.3. The molecule has 4 N–H and O–H groups in total. The zero-order valence-corrected chi connectivity index (χ0v) is 24.3. The van der Waals surface area contributed by atoms with E-state index >= 15 is 0 Å². The Labute approximate surface area is 242 Å². The molecule has 1 saturated heterocycles. The third kappa shape index (κ3) is 7.63. The van der Waals surface area contributed by atoms with Crippen molar-refractivity contribution in [1.29, 1.82) is 5.41 Å². The average molecular weight is 583 g/mol. The van der Waals surface area contributed by atoms with Gasteiger partial charge in [0.15, 0.2) is 0 Å². The van der Waals surface area contributed by atoms with E-state index in [1.54, 1.807) is 12.2 Å². The first kappa shape index (κ1) is 31.1. The lowest BCUT2D eigenvalue weighted by molar-refractivity contribution is -0.0489. The molecule has 3 aliphatic rings. The number of nitrogens with one attached hydrogen (secondary N) is 4. The molecule has 0 unspecified atom stereocenters. The van der Waals surface area contributed by atoms with Crippen LogP contribution in [0.4, 0.5) is 5.82 Å². The molecule has 1 aromatic heterocycles. The Bertz CT molecular complexity index is 1120. The molecule has 0 bridgehead atoms. The molecule has 0 radical (unpaired) electrons. The minimum Gasteiger partial charge on any atom is -0.381 e. The van der Waals surface area contributed by atoms with Crippen LogP contribution in [0.2, 0.25) is 0 Å². The first-order valence-corrected chi connectivity index (χ1v) is 13.6. The lowest BCUT2D eigenvalue weighted by atomic mass is 9.90. The smallest absolute Gasteiger partial charge is 0.289 e. The number of anilines is 1. The number of methoxy groups -OCH3 is 1. The summed E-state index contributed by atoms with van der Waals surface area (Å²) in [6, 6.07) is 6.27. The van der Waals surface area contributed by atoms with Crippen LogP contribution in [-0.4, -0.2) is 71.4 Å². The van der Waals surface area contributed by atoms with Crippen LogP contribution >= 0.6 is 24.8 Å². The van der Waals surface area contributed by atoms with Crippen LogP contribution in [0, 0.1) is 12.3 Å². The fourth-order valence-electron chi connectivity index (χ4n) is 5.67. The van der Waals surface area contributed by atoms with E-state index in [1.807, 2.05) is 19.1 Å². The molecular formula is C27H41Cl2N7O3. The Kier molecular flexibility index (Phi) is 11.4. The number of carbonyl (C=O) groups excluding carboxylic acids is 1. The number of aryl methyl sites for hydroxylation is 1. The summed E-state index contributed by atoms with van der Waals surface area (Å²) >= 11 is 0. The lowest BCUT2D eigenvalue weighted by Crippen LogP contribution is -2.52. The van der Waals surface area contributed by atoms with Gasteiger partial charge >= 0.3 is 0 Å². The largest absolute Gasteiger partial charge is 0.381 e. The predicted molar refractivity (Wildman–Crippen MR) is 157 cm³/mol. The van der Waals surface area contributed by atoms with Crippen molar-refractivity contribution in [3.05, 3.63) is 29.6 Å². The summed E-state index contributed by atoms with van der Waals surface area (Å²) in [7, 11) is 1.75. The Hall–Kier alpha value is -2.40. The maximum Gasteiger partial charge on any atom is 0.289 e. The van der Waals surface area contributed by atoms with Crippen LogP contribution in [-0.2, 0) is 9.57 Å². The molecule has 0 spiro atoms. The van der Waals surface area contributed by atoms with Crippen molar-refractivity contribution in [3.8, 4) is 0 Å². The van der Waals surface area contributed by atoms with E-state index in [-0.39, 0.29) is 60.8 Å². The summed E-state index contributed by atoms with van der Waals surface area (Å²) in [4.78, 5) is 28.1. The van der Waals surface area contributed by atoms with E-state index in [9.17, 15) is 4.79 Å². The Morgan fingerprint density at radius 3 is 2.46 bits per heavy atom. The number of carbonyl (C=O) groups is 1. The Balaban J connectivity index is 0.00000210. The summed E-state index contributed by atoms with van der Waals surface area (Å²) in [6.07, 6.45) is 8.99. The standard InChI is InChI=1S/C27H39N7O3.2ClH/c1-17-8-13-21-20(16-17)24(33-25(30-21)26(35)29-18-9-11-19(36-2)12-10-18)31-22-6-3-4-7-23(22)32-27(28)34-14-5-15-37-34;;/h8,13,16,18-19,22-23H,3-7,9-12,14-15H2,1-2H3,(H2,28,32)(H,29,35)(H,30,31,33);2*1H/t18-,19-,22-,23+;;/m0../s1. The van der Waals surface area contributed by atoms with Crippen molar-refractivity contribution in [1.82, 2.24) is 25.7 Å². The Morgan fingerprint density at radius 1 is 1.03 bits per heavy atom. The first-order valence-electron chi connectivity index (χ1n) is 13.6. The molecule has 2 saturated carbocycles. The minimum absolute atomic E-state index is 0. The highest BCUT2D eigenvalue weighted by molar-refractivity contribution is 5.96. The molecule has 3 fully saturated rings. The number of nitrogens with zero attached hydrogens (tertiary/aromatic N) is 3. The van der Waals surface area contributed by atoms with Gasteiger partial charge in [-0.2, -0.15) is 0 Å². The molecule has 2 heterocycles. The van der Waals surface area contributed by atoms with E-state index in [0.29, 0.717) is 18.4 Å². The zero-order chi connectivity index (χ0) is 25.8. The zero-order valence-electron chi connectivity index (χ0n) is 22.7. The minimum atomic E-state index is -0.238. The highest BCUT2D eigenvalue weighted by Gasteiger charge is 2.30. The summed E-state index contributed by atoms with van der Waals surface area (Å²) < 4.78 is 5.46. The molecular weight excluding hydrogens is 541 g/mol. The number of hydrogen-bond acceptors (Lipinski definition) is 7. The van der Waals surface area contributed by atoms with Gasteiger partial charge in [0.1, 0.15) is 5.82 Å². The fraction of sp³-hybridized carbons (Fsp3) is 0.630. The van der Waals surface area contributed by atoms with E-state index in [4.69, 9.17) is 20.0 Å². The van der Waals surface area contributed by atoms with Gasteiger partial charge in [-0.25, -0.2) is 15.0 Å². The van der Waals surface area contributed by atoms with Crippen LogP contribution < -0.4 is 16.0 Å². The number of fused-ring (bicyclic) bond motifs is 1. The molecule has 12 heteroatoms. The number of guanidine groups is 1. The van der Waals surface area contributed by atoms with Gasteiger partial charge in [0, 0.05) is 30.6 Å². The number of rotatable bonds is 6. The van der Waals surface area contributed by atoms with Crippen LogP contribution in [0.25, 0.3) is 10.9 Å². The molecule has 5 rings (SSSR count). The molecule has 2 aliphatic carbocycles. The van der Waals surface area contributed by atoms with Crippen LogP contribution in [0.3, 0.4) is 0 Å². The number of hydrogen-bond donors (Lipinski definition) is 4. The summed E-state index contributed by atoms with van der Waals surface area (Å²) in [6.45, 7) is 3.43. The molecule has 39 heavy (non-hydrogen) atoms. The topological polar surface area (TPSA) is 124 Å². The van der Waals surface area contributed by atoms with Crippen molar-refractivity contribution in [2.75, 3.05) is 25.6 Å². The van der Waals surface area contributed by atoms with E-state index in [2.05, 4.69) is 27.0 Å². The molecule has 1 amide bonds. The molecule has 1 aliphatic heterocycles. The van der Waals surface area contributed by atoms with Gasteiger partial charge < -0.3 is 20.7 Å². The predicted octanol–water partition coefficient (Wildman–Crippen LogP) is 4.35. The highest BCUT2D eigenvalue weighted by atomic mass is 35.5. The van der Waals surface area contributed by atoms with Crippen molar-refractivity contribution in [3.63, 3.8) is 0 Å². The second-order valence-corrected chi connectivity index (χ2v) is 10.5. The van der Waals surface area contributed by atoms with Gasteiger partial charge in [-0.15, -0.1) is 24.8 Å². The number of amides is 1. The lowest BCUT2D eigenvalue weighted by Gasteiger charge is -2.35. The maximum absolute atomic E-state index is 13.2. The van der Waals surface area contributed by atoms with Gasteiger partial charge in [-0.3, -0.25) is 15.0 Å². The monoisotopic (exact) mass is 581 g/mol. The van der Waals surface area contributed by atoms with Gasteiger partial charge in [0.05, 0.1) is 24.8 Å². The van der Waals surface area contributed by atoms with E-state index in [1.165, 1.54) is 0 Å². The van der Waals surface area contributed by atoms with Gasteiger partial charge in [0.2, 0.25) is 11.8 Å². The number of halogens is 2. The quantitative estimate of drug-likeness (QED) is 0.293. The first-order chi connectivity index (χ1) is 18.0. The van der Waals surface area contributed by atoms with Gasteiger partial charge in [0.25, 0.3) is 5.91 Å². The molecule has 216 valence electrons. The van der Waals surface area contributed by atoms with Gasteiger partial charge in [-0.05, 0) is 64.0 Å². The average Bonchev–Trinajstić information content (AvgIpc) is 3.46. The number of aromatic nitrogens is 2. The summed E-state index contributed by atoms with van der Waals surface area (Å²) in [5.74, 6) is 0.927. The highest BCUT2D eigenvalue weighted by Crippen LogP contribution is 2.27. The van der Waals surface area contributed by atoms with Crippen LogP contribution in [0.1, 0.15) is 74.0 Å². The van der Waals surface area contributed by atoms with E-state index in [0.717, 1.165) is 80.8 Å². The fourth-order valence-corrected chi connectivity index (χ4v) is 5.67. The number of hydroxylamine groups is 2. The van der Waals surface area contributed by atoms with Crippen LogP contribution in [0.5, 0.6) is 0 Å². The van der Waals surface area contributed by atoms with E-state index < -0.39 is 0 Å². The number of ether oxygens (including phenoxy) is 1. The molecule has 2 aromatic rings. The second-order valence-electron chi connectivity index (χ2n) is 10.5. The van der Waals surface area contributed by atoms with Crippen LogP contribution in [0.15, 0.2) is 18.2 Å². The maximum atomic E-state index is 13.2. The molecule has 2 atom stereocenters. The number of benzene rings is 1. The van der Waals surface area contributed by atoms with Gasteiger partial charge in [-0.1, -0.05) is 24.5 Å². The van der Waals surface area contributed by atoms with Crippen molar-refractivity contribution in [2.45, 2.75) is 88.9 Å². The SMILES string of the molecule is CO[C@H]1CC[C@H](NC(=O)c2nc(N[C@H]3CCCC[C@H]3NC(=N)N3CCCO3)c3cc(C)ccc3n2)CC1.Cl.Cl. The normalized spacial score (nSPS) is 24.8. The third-order valence-corrected chi connectivity index (χ3v) is 7.81. The molecule has 1 aromatic carbocycles.